The molecule has 2 aromatic carbocycles. The molecule has 0 bridgehead atoms. The maximum Gasteiger partial charge on any atom is 0.224 e. The number of hydrogen-bond donors (Lipinski definition) is 7. The molecule has 0 radical (unpaired) electrons. The fourth-order valence-corrected chi connectivity index (χ4v) is 5.80. The number of aliphatic hydroxyl groups excluding tert-OH is 5. The quantitative estimate of drug-likeness (QED) is 0.0962. The molecular formula is C37H54F2N2O9. The van der Waals surface area contributed by atoms with E-state index >= 15 is 0 Å². The number of ether oxygens (including phenoxy) is 2. The first-order valence-electron chi connectivity index (χ1n) is 17.6. The van der Waals surface area contributed by atoms with Gasteiger partial charge in [0.25, 0.3) is 0 Å². The van der Waals surface area contributed by atoms with Crippen LogP contribution in [-0.2, 0) is 31.9 Å². The number of unbranched alkanes of at least 4 members (excludes halogenated alkanes) is 7. The molecule has 1 aliphatic rings. The molecule has 280 valence electrons. The second kappa shape index (κ2) is 21.4. The topological polar surface area (TPSA) is 178 Å². The third-order valence-electron chi connectivity index (χ3n) is 8.95. The Morgan fingerprint density at radius 1 is 0.820 bits per heavy atom. The van der Waals surface area contributed by atoms with Gasteiger partial charge >= 0.3 is 0 Å². The highest BCUT2D eigenvalue weighted by Gasteiger charge is 2.44. The molecule has 0 spiro atoms. The Balaban J connectivity index is 1.36. The van der Waals surface area contributed by atoms with Crippen LogP contribution >= 0.6 is 0 Å². The highest BCUT2D eigenvalue weighted by Crippen LogP contribution is 2.23. The molecule has 0 aliphatic carbocycles. The van der Waals surface area contributed by atoms with E-state index in [1.165, 1.54) is 13.0 Å². The molecule has 0 saturated carbocycles. The summed E-state index contributed by atoms with van der Waals surface area (Å²) in [5.74, 6) is -2.35. The molecule has 3 unspecified atom stereocenters. The third-order valence-corrected chi connectivity index (χ3v) is 8.95. The number of benzene rings is 2. The van der Waals surface area contributed by atoms with Crippen LogP contribution in [0, 0.1) is 18.6 Å². The Kier molecular flexibility index (Phi) is 17.7. The van der Waals surface area contributed by atoms with Crippen LogP contribution in [0.4, 0.5) is 8.78 Å². The Morgan fingerprint density at radius 2 is 1.44 bits per heavy atom. The van der Waals surface area contributed by atoms with E-state index < -0.39 is 60.6 Å². The first kappa shape index (κ1) is 41.4. The number of rotatable bonds is 21. The number of aryl methyl sites for hydroxylation is 2. The predicted octanol–water partition coefficient (Wildman–Crippen LogP) is 2.74. The van der Waals surface area contributed by atoms with Crippen LogP contribution in [0.2, 0.25) is 0 Å². The smallest absolute Gasteiger partial charge is 0.224 e. The van der Waals surface area contributed by atoms with Crippen molar-refractivity contribution in [3.8, 4) is 0 Å². The van der Waals surface area contributed by atoms with Gasteiger partial charge in [-0.2, -0.15) is 0 Å². The summed E-state index contributed by atoms with van der Waals surface area (Å²) in [6.45, 7) is 2.73. The van der Waals surface area contributed by atoms with Gasteiger partial charge in [-0.1, -0.05) is 74.4 Å². The van der Waals surface area contributed by atoms with Crippen molar-refractivity contribution in [2.45, 2.75) is 133 Å². The maximum absolute atomic E-state index is 13.3. The van der Waals surface area contributed by atoms with Crippen molar-refractivity contribution in [3.63, 3.8) is 0 Å². The zero-order chi connectivity index (χ0) is 36.6. The first-order valence-corrected chi connectivity index (χ1v) is 17.6. The lowest BCUT2D eigenvalue weighted by atomic mass is 9.98. The van der Waals surface area contributed by atoms with Crippen molar-refractivity contribution in [2.75, 3.05) is 13.2 Å². The van der Waals surface area contributed by atoms with E-state index in [1.54, 1.807) is 6.07 Å². The summed E-state index contributed by atoms with van der Waals surface area (Å²) in [4.78, 5) is 25.2. The molecule has 1 fully saturated rings. The van der Waals surface area contributed by atoms with Crippen molar-refractivity contribution < 1.29 is 53.4 Å². The van der Waals surface area contributed by atoms with E-state index in [0.29, 0.717) is 12.8 Å². The normalized spacial score (nSPS) is 22.5. The Bertz CT molecular complexity index is 1320. The SMILES string of the molecule is Cc1ccc(CC(=O)NCC2O[C@H](OC[C@H](NC(=O)CCCCCCCCCCc3ccc(F)c(F)c3)[C@H](O)[C@@H](C)O)C(O)C(O)[C@H]2O)cc1. The summed E-state index contributed by atoms with van der Waals surface area (Å²) in [6, 6.07) is 10.4. The van der Waals surface area contributed by atoms with Crippen molar-refractivity contribution >= 4 is 11.8 Å². The summed E-state index contributed by atoms with van der Waals surface area (Å²) in [6.07, 6.45) is -1.72. The minimum Gasteiger partial charge on any atom is -0.391 e. The van der Waals surface area contributed by atoms with Gasteiger partial charge in [-0.3, -0.25) is 9.59 Å². The van der Waals surface area contributed by atoms with Gasteiger partial charge in [0.2, 0.25) is 11.8 Å². The Labute approximate surface area is 293 Å². The largest absolute Gasteiger partial charge is 0.391 e. The average Bonchev–Trinajstić information content (AvgIpc) is 3.08. The molecule has 0 aromatic heterocycles. The molecular weight excluding hydrogens is 654 g/mol. The molecule has 1 aliphatic heterocycles. The van der Waals surface area contributed by atoms with Crippen LogP contribution in [0.25, 0.3) is 0 Å². The van der Waals surface area contributed by atoms with Crippen molar-refractivity contribution in [2.24, 2.45) is 0 Å². The maximum atomic E-state index is 13.3. The van der Waals surface area contributed by atoms with E-state index in [-0.39, 0.29) is 37.8 Å². The molecule has 13 heteroatoms. The fourth-order valence-electron chi connectivity index (χ4n) is 5.80. The highest BCUT2D eigenvalue weighted by atomic mass is 19.2. The standard InChI is InChI=1S/C37H54F2N2O9/c1-23-13-15-26(16-14-23)20-32(44)40-21-30-34(46)35(47)36(48)37(50-30)49-22-29(33(45)24(2)42)41-31(43)12-10-8-6-4-3-5-7-9-11-25-17-18-27(38)28(39)19-25/h13-19,24,29-30,33-37,42,45-48H,3-12,20-22H2,1-2H3,(H,40,44)(H,41,43)/t24-,29+,30?,33-,34+,35?,36?,37+/m1/s1. The number of carbonyl (C=O) groups excluding carboxylic acids is 2. The number of aliphatic hydroxyl groups is 5. The van der Waals surface area contributed by atoms with Crippen molar-refractivity contribution in [1.29, 1.82) is 0 Å². The van der Waals surface area contributed by atoms with Gasteiger partial charge in [0.05, 0.1) is 25.2 Å². The second-order valence-electron chi connectivity index (χ2n) is 13.3. The van der Waals surface area contributed by atoms with E-state index in [9.17, 15) is 43.9 Å². The summed E-state index contributed by atoms with van der Waals surface area (Å²) < 4.78 is 37.7. The minimum atomic E-state index is -1.66. The van der Waals surface area contributed by atoms with E-state index in [4.69, 9.17) is 9.47 Å². The zero-order valence-electron chi connectivity index (χ0n) is 29.0. The van der Waals surface area contributed by atoms with E-state index in [1.807, 2.05) is 31.2 Å². The van der Waals surface area contributed by atoms with Gasteiger partial charge < -0.3 is 45.6 Å². The predicted molar refractivity (Wildman–Crippen MR) is 182 cm³/mol. The summed E-state index contributed by atoms with van der Waals surface area (Å²) in [5.41, 5.74) is 2.64. The minimum absolute atomic E-state index is 0.0960. The molecule has 2 amide bonds. The van der Waals surface area contributed by atoms with E-state index in [2.05, 4.69) is 10.6 Å². The van der Waals surface area contributed by atoms with Gasteiger partial charge in [-0.15, -0.1) is 0 Å². The highest BCUT2D eigenvalue weighted by molar-refractivity contribution is 5.78. The number of hydrogen-bond acceptors (Lipinski definition) is 9. The summed E-state index contributed by atoms with van der Waals surface area (Å²) in [7, 11) is 0. The van der Waals surface area contributed by atoms with Gasteiger partial charge in [0.1, 0.15) is 30.5 Å². The lowest BCUT2D eigenvalue weighted by molar-refractivity contribution is -0.297. The van der Waals surface area contributed by atoms with Gasteiger partial charge in [-0.05, 0) is 56.4 Å². The van der Waals surface area contributed by atoms with Crippen molar-refractivity contribution in [3.05, 3.63) is 70.8 Å². The van der Waals surface area contributed by atoms with Crippen LogP contribution in [0.1, 0.15) is 81.4 Å². The number of carbonyl (C=O) groups is 2. The molecule has 8 atom stereocenters. The molecule has 1 saturated heterocycles. The fraction of sp³-hybridized carbons (Fsp3) is 0.622. The van der Waals surface area contributed by atoms with Crippen LogP contribution in [0.15, 0.2) is 42.5 Å². The lowest BCUT2D eigenvalue weighted by Crippen LogP contribution is -2.61. The Hall–Kier alpha value is -3.04. The molecule has 2 aromatic rings. The monoisotopic (exact) mass is 708 g/mol. The molecule has 7 N–H and O–H groups in total. The van der Waals surface area contributed by atoms with Crippen molar-refractivity contribution in [1.82, 2.24) is 10.6 Å². The van der Waals surface area contributed by atoms with Crippen LogP contribution in [0.5, 0.6) is 0 Å². The average molecular weight is 709 g/mol. The van der Waals surface area contributed by atoms with E-state index in [0.717, 1.165) is 67.7 Å². The number of amides is 2. The zero-order valence-corrected chi connectivity index (χ0v) is 29.0. The van der Waals surface area contributed by atoms with Crippen LogP contribution in [0.3, 0.4) is 0 Å². The van der Waals surface area contributed by atoms with Crippen LogP contribution < -0.4 is 10.6 Å². The van der Waals surface area contributed by atoms with Gasteiger partial charge in [-0.25, -0.2) is 8.78 Å². The summed E-state index contributed by atoms with van der Waals surface area (Å²) >= 11 is 0. The second-order valence-corrected chi connectivity index (χ2v) is 13.3. The van der Waals surface area contributed by atoms with Gasteiger partial charge in [0, 0.05) is 13.0 Å². The third kappa shape index (κ3) is 13.9. The summed E-state index contributed by atoms with van der Waals surface area (Å²) in [5, 5.41) is 57.3. The van der Waals surface area contributed by atoms with Crippen LogP contribution in [-0.4, -0.2) is 99.5 Å². The molecule has 11 nitrogen and oxygen atoms in total. The molecule has 50 heavy (non-hydrogen) atoms. The Morgan fingerprint density at radius 3 is 2.08 bits per heavy atom. The lowest BCUT2D eigenvalue weighted by Gasteiger charge is -2.41. The number of halogens is 2. The van der Waals surface area contributed by atoms with Gasteiger partial charge in [0.15, 0.2) is 17.9 Å². The first-order chi connectivity index (χ1) is 23.8. The molecule has 3 rings (SSSR count). The number of nitrogens with one attached hydrogen (secondary N) is 2. The molecule has 1 heterocycles.